The monoisotopic (exact) mass is 295 g/mol. The Morgan fingerprint density at radius 1 is 1.14 bits per heavy atom. The fraction of sp³-hybridized carbons (Fsp3) is 0.235. The first-order valence-corrected chi connectivity index (χ1v) is 8.04. The highest BCUT2D eigenvalue weighted by Gasteiger charge is 2.31. The van der Waals surface area contributed by atoms with Crippen LogP contribution in [0.4, 0.5) is 10.7 Å². The van der Waals surface area contributed by atoms with Crippen molar-refractivity contribution >= 4 is 33.1 Å². The summed E-state index contributed by atoms with van der Waals surface area (Å²) in [6, 6.07) is 17.2. The van der Waals surface area contributed by atoms with Gasteiger partial charge in [-0.25, -0.2) is 0 Å². The Morgan fingerprint density at radius 2 is 2.00 bits per heavy atom. The molecule has 0 amide bonds. The van der Waals surface area contributed by atoms with Gasteiger partial charge in [0.1, 0.15) is 5.00 Å². The lowest BCUT2D eigenvalue weighted by atomic mass is 10.2. The standard InChI is InChI=1S/C17H17N3S/c18-13-5-3-4-12(10-13)11-20(14-8-9-14)17-15-6-1-2-7-16(15)19-21-17/h1-7,10,14H,8-9,11,18H2. The number of anilines is 2. The second-order valence-electron chi connectivity index (χ2n) is 5.61. The van der Waals surface area contributed by atoms with Gasteiger partial charge in [0.25, 0.3) is 0 Å². The number of benzene rings is 2. The fourth-order valence-corrected chi connectivity index (χ4v) is 3.66. The molecule has 0 saturated heterocycles. The highest BCUT2D eigenvalue weighted by atomic mass is 32.1. The number of aromatic nitrogens is 1. The molecule has 0 radical (unpaired) electrons. The first kappa shape index (κ1) is 12.7. The minimum absolute atomic E-state index is 0.648. The van der Waals surface area contributed by atoms with Crippen molar-refractivity contribution in [2.45, 2.75) is 25.4 Å². The third kappa shape index (κ3) is 2.47. The molecule has 0 unspecified atom stereocenters. The van der Waals surface area contributed by atoms with Crippen molar-refractivity contribution in [3.63, 3.8) is 0 Å². The second kappa shape index (κ2) is 5.04. The Hall–Kier alpha value is -2.07. The number of hydrogen-bond donors (Lipinski definition) is 1. The fourth-order valence-electron chi connectivity index (χ4n) is 2.72. The Morgan fingerprint density at radius 3 is 2.81 bits per heavy atom. The molecule has 21 heavy (non-hydrogen) atoms. The van der Waals surface area contributed by atoms with E-state index in [1.54, 1.807) is 11.5 Å². The van der Waals surface area contributed by atoms with E-state index >= 15 is 0 Å². The third-order valence-electron chi connectivity index (χ3n) is 3.92. The molecule has 1 aliphatic carbocycles. The molecule has 4 rings (SSSR count). The normalized spacial score (nSPS) is 14.5. The largest absolute Gasteiger partial charge is 0.399 e. The maximum Gasteiger partial charge on any atom is 0.120 e. The first-order valence-electron chi connectivity index (χ1n) is 7.27. The van der Waals surface area contributed by atoms with E-state index in [2.05, 4.69) is 39.6 Å². The molecule has 2 aromatic carbocycles. The van der Waals surface area contributed by atoms with Crippen LogP contribution in [0.2, 0.25) is 0 Å². The minimum atomic E-state index is 0.648. The van der Waals surface area contributed by atoms with Crippen LogP contribution in [0.15, 0.2) is 48.5 Å². The van der Waals surface area contributed by atoms with Crippen molar-refractivity contribution in [2.24, 2.45) is 0 Å². The molecule has 0 bridgehead atoms. The van der Waals surface area contributed by atoms with Crippen molar-refractivity contribution in [3.05, 3.63) is 54.1 Å². The lowest BCUT2D eigenvalue weighted by Crippen LogP contribution is -2.24. The summed E-state index contributed by atoms with van der Waals surface area (Å²) in [7, 11) is 0. The van der Waals surface area contributed by atoms with Gasteiger partial charge < -0.3 is 10.6 Å². The summed E-state index contributed by atoms with van der Waals surface area (Å²) in [4.78, 5) is 2.49. The molecule has 0 aliphatic heterocycles. The maximum atomic E-state index is 5.91. The van der Waals surface area contributed by atoms with Gasteiger partial charge in [0.05, 0.1) is 5.52 Å². The summed E-state index contributed by atoms with van der Waals surface area (Å²) < 4.78 is 4.58. The summed E-state index contributed by atoms with van der Waals surface area (Å²) in [6.45, 7) is 0.905. The molecule has 1 aromatic heterocycles. The van der Waals surface area contributed by atoms with Gasteiger partial charge in [-0.1, -0.05) is 24.3 Å². The highest BCUT2D eigenvalue weighted by Crippen LogP contribution is 2.39. The molecular weight excluding hydrogens is 278 g/mol. The van der Waals surface area contributed by atoms with Crippen molar-refractivity contribution in [2.75, 3.05) is 10.6 Å². The summed E-state index contributed by atoms with van der Waals surface area (Å²) >= 11 is 1.61. The molecule has 1 fully saturated rings. The van der Waals surface area contributed by atoms with Crippen LogP contribution in [0.5, 0.6) is 0 Å². The van der Waals surface area contributed by atoms with Gasteiger partial charge in [-0.05, 0) is 54.2 Å². The number of rotatable bonds is 4. The topological polar surface area (TPSA) is 42.1 Å². The van der Waals surface area contributed by atoms with Crippen LogP contribution in [0.25, 0.3) is 10.9 Å². The number of hydrogen-bond acceptors (Lipinski definition) is 4. The molecule has 1 aliphatic rings. The van der Waals surface area contributed by atoms with Crippen molar-refractivity contribution in [3.8, 4) is 0 Å². The van der Waals surface area contributed by atoms with E-state index < -0.39 is 0 Å². The van der Waals surface area contributed by atoms with Crippen LogP contribution >= 0.6 is 11.5 Å². The van der Waals surface area contributed by atoms with Gasteiger partial charge >= 0.3 is 0 Å². The molecule has 3 nitrogen and oxygen atoms in total. The average Bonchev–Trinajstić information content (AvgIpc) is 3.25. The van der Waals surface area contributed by atoms with Gasteiger partial charge in [-0.15, -0.1) is 0 Å². The number of nitrogens with zero attached hydrogens (tertiary/aromatic N) is 2. The minimum Gasteiger partial charge on any atom is -0.399 e. The summed E-state index contributed by atoms with van der Waals surface area (Å²) in [5.74, 6) is 0. The van der Waals surface area contributed by atoms with Crippen molar-refractivity contribution in [1.29, 1.82) is 0 Å². The zero-order chi connectivity index (χ0) is 14.2. The van der Waals surface area contributed by atoms with Crippen LogP contribution < -0.4 is 10.6 Å². The maximum absolute atomic E-state index is 5.91. The number of nitrogen functional groups attached to an aromatic ring is 1. The van der Waals surface area contributed by atoms with Crippen LogP contribution in [-0.4, -0.2) is 10.4 Å². The molecule has 0 spiro atoms. The van der Waals surface area contributed by atoms with Crippen molar-refractivity contribution in [1.82, 2.24) is 4.37 Å². The molecule has 2 N–H and O–H groups in total. The zero-order valence-corrected chi connectivity index (χ0v) is 12.5. The third-order valence-corrected chi connectivity index (χ3v) is 4.83. The molecule has 106 valence electrons. The van der Waals surface area contributed by atoms with Gasteiger partial charge in [0.15, 0.2) is 0 Å². The van der Waals surface area contributed by atoms with E-state index in [1.165, 1.54) is 28.8 Å². The van der Waals surface area contributed by atoms with Crippen LogP contribution in [0.3, 0.4) is 0 Å². The lowest BCUT2D eigenvalue weighted by molar-refractivity contribution is 0.806. The van der Waals surface area contributed by atoms with Crippen LogP contribution in [0.1, 0.15) is 18.4 Å². The van der Waals surface area contributed by atoms with E-state index in [9.17, 15) is 0 Å². The predicted octanol–water partition coefficient (Wildman–Crippen LogP) is 4.05. The van der Waals surface area contributed by atoms with E-state index in [-0.39, 0.29) is 0 Å². The van der Waals surface area contributed by atoms with Crippen molar-refractivity contribution < 1.29 is 0 Å². The van der Waals surface area contributed by atoms with Gasteiger partial charge in [-0.2, -0.15) is 4.37 Å². The second-order valence-corrected chi connectivity index (χ2v) is 6.36. The quantitative estimate of drug-likeness (QED) is 0.738. The smallest absolute Gasteiger partial charge is 0.120 e. The van der Waals surface area contributed by atoms with Crippen LogP contribution in [-0.2, 0) is 6.54 Å². The Kier molecular flexibility index (Phi) is 3.04. The van der Waals surface area contributed by atoms with E-state index in [4.69, 9.17) is 5.73 Å². The first-order chi connectivity index (χ1) is 10.3. The molecule has 0 atom stereocenters. The number of nitrogens with two attached hydrogens (primary N) is 1. The Balaban J connectivity index is 1.71. The zero-order valence-electron chi connectivity index (χ0n) is 11.7. The molecule has 1 saturated carbocycles. The molecule has 3 aromatic rings. The summed E-state index contributed by atoms with van der Waals surface area (Å²) in [5.41, 5.74) is 9.09. The predicted molar refractivity (Wildman–Crippen MR) is 89.7 cm³/mol. The molecule has 1 heterocycles. The van der Waals surface area contributed by atoms with Crippen LogP contribution in [0, 0.1) is 0 Å². The summed E-state index contributed by atoms with van der Waals surface area (Å²) in [5, 5.41) is 2.55. The SMILES string of the molecule is Nc1cccc(CN(c2snc3ccccc23)C2CC2)c1. The van der Waals surface area contributed by atoms with Gasteiger partial charge in [0.2, 0.25) is 0 Å². The number of fused-ring (bicyclic) bond motifs is 1. The van der Waals surface area contributed by atoms with E-state index in [0.717, 1.165) is 17.7 Å². The lowest BCUT2D eigenvalue weighted by Gasteiger charge is -2.23. The molecule has 4 heteroatoms. The Bertz CT molecular complexity index is 776. The Labute approximate surface area is 128 Å². The van der Waals surface area contributed by atoms with E-state index in [1.807, 2.05) is 18.2 Å². The molecular formula is C17H17N3S. The highest BCUT2D eigenvalue weighted by molar-refractivity contribution is 7.11. The van der Waals surface area contributed by atoms with Gasteiger partial charge in [0, 0.05) is 23.7 Å². The van der Waals surface area contributed by atoms with E-state index in [0.29, 0.717) is 6.04 Å². The average molecular weight is 295 g/mol. The van der Waals surface area contributed by atoms with Gasteiger partial charge in [-0.3, -0.25) is 0 Å². The summed E-state index contributed by atoms with van der Waals surface area (Å²) in [6.07, 6.45) is 2.54.